The minimum absolute atomic E-state index is 0.179. The standard InChI is InChI=1S/C21H22N2O3S/c1-14(15-8-5-4-6-9-15)12-22-20(24)17-13-27-21(23-17)16-10-7-11-18(25-2)19(16)26-3/h4-11,13-14H,12H2,1-3H3,(H,22,24). The monoisotopic (exact) mass is 382 g/mol. The molecule has 140 valence electrons. The van der Waals surface area contributed by atoms with Crippen LogP contribution in [0, 0.1) is 0 Å². The van der Waals surface area contributed by atoms with Gasteiger partial charge in [-0.05, 0) is 23.6 Å². The van der Waals surface area contributed by atoms with Crippen LogP contribution < -0.4 is 14.8 Å². The number of ether oxygens (including phenoxy) is 2. The zero-order valence-electron chi connectivity index (χ0n) is 15.6. The van der Waals surface area contributed by atoms with Crippen molar-refractivity contribution in [3.8, 4) is 22.1 Å². The average Bonchev–Trinajstić information content (AvgIpc) is 3.21. The highest BCUT2D eigenvalue weighted by molar-refractivity contribution is 7.13. The molecule has 0 aliphatic carbocycles. The summed E-state index contributed by atoms with van der Waals surface area (Å²) in [7, 11) is 3.18. The highest BCUT2D eigenvalue weighted by Crippen LogP contribution is 2.38. The van der Waals surface area contributed by atoms with Crippen molar-refractivity contribution in [2.24, 2.45) is 0 Å². The van der Waals surface area contributed by atoms with Crippen molar-refractivity contribution in [1.82, 2.24) is 10.3 Å². The number of carbonyl (C=O) groups is 1. The van der Waals surface area contributed by atoms with Crippen LogP contribution in [0.25, 0.3) is 10.6 Å². The van der Waals surface area contributed by atoms with Crippen LogP contribution in [0.1, 0.15) is 28.9 Å². The van der Waals surface area contributed by atoms with Crippen LogP contribution in [0.4, 0.5) is 0 Å². The summed E-state index contributed by atoms with van der Waals surface area (Å²) in [5.41, 5.74) is 2.40. The van der Waals surface area contributed by atoms with Gasteiger partial charge in [-0.15, -0.1) is 11.3 Å². The van der Waals surface area contributed by atoms with Gasteiger partial charge in [0.1, 0.15) is 10.7 Å². The van der Waals surface area contributed by atoms with E-state index in [1.807, 2.05) is 36.4 Å². The number of aromatic nitrogens is 1. The minimum Gasteiger partial charge on any atom is -0.493 e. The number of thiazole rings is 1. The van der Waals surface area contributed by atoms with Crippen molar-refractivity contribution < 1.29 is 14.3 Å². The Morgan fingerprint density at radius 2 is 1.89 bits per heavy atom. The van der Waals surface area contributed by atoms with Crippen molar-refractivity contribution in [2.45, 2.75) is 12.8 Å². The van der Waals surface area contributed by atoms with Gasteiger partial charge < -0.3 is 14.8 Å². The molecule has 0 aliphatic rings. The Hall–Kier alpha value is -2.86. The summed E-state index contributed by atoms with van der Waals surface area (Å²) >= 11 is 1.40. The summed E-state index contributed by atoms with van der Waals surface area (Å²) in [6.07, 6.45) is 0. The van der Waals surface area contributed by atoms with E-state index in [1.165, 1.54) is 16.9 Å². The van der Waals surface area contributed by atoms with E-state index in [1.54, 1.807) is 19.6 Å². The number of hydrogen-bond acceptors (Lipinski definition) is 5. The Labute approximate surface area is 163 Å². The van der Waals surface area contributed by atoms with E-state index < -0.39 is 0 Å². The molecule has 0 spiro atoms. The molecule has 1 N–H and O–H groups in total. The van der Waals surface area contributed by atoms with Crippen molar-refractivity contribution >= 4 is 17.2 Å². The third-order valence-electron chi connectivity index (χ3n) is 4.31. The lowest BCUT2D eigenvalue weighted by molar-refractivity contribution is 0.0947. The predicted octanol–water partition coefficient (Wildman–Crippen LogP) is 4.36. The molecular weight excluding hydrogens is 360 g/mol. The van der Waals surface area contributed by atoms with Crippen LogP contribution in [-0.2, 0) is 0 Å². The fraction of sp³-hybridized carbons (Fsp3) is 0.238. The Morgan fingerprint density at radius 1 is 1.11 bits per heavy atom. The van der Waals surface area contributed by atoms with Gasteiger partial charge in [0.25, 0.3) is 5.91 Å². The number of para-hydroxylation sites is 1. The van der Waals surface area contributed by atoms with E-state index in [0.717, 1.165) is 5.56 Å². The molecule has 0 saturated heterocycles. The number of carbonyl (C=O) groups excluding carboxylic acids is 1. The Kier molecular flexibility index (Phi) is 6.08. The quantitative estimate of drug-likeness (QED) is 0.659. The zero-order valence-corrected chi connectivity index (χ0v) is 16.4. The lowest BCUT2D eigenvalue weighted by atomic mass is 10.0. The first-order chi connectivity index (χ1) is 13.1. The second-order valence-corrected chi connectivity index (χ2v) is 6.96. The molecule has 5 nitrogen and oxygen atoms in total. The van der Waals surface area contributed by atoms with Crippen molar-refractivity contribution in [1.29, 1.82) is 0 Å². The maximum Gasteiger partial charge on any atom is 0.270 e. The summed E-state index contributed by atoms with van der Waals surface area (Å²) in [6.45, 7) is 2.64. The van der Waals surface area contributed by atoms with Gasteiger partial charge in [-0.1, -0.05) is 43.3 Å². The molecule has 0 aliphatic heterocycles. The van der Waals surface area contributed by atoms with E-state index in [-0.39, 0.29) is 11.8 Å². The summed E-state index contributed by atoms with van der Waals surface area (Å²) in [4.78, 5) is 17.0. The molecule has 3 aromatic rings. The van der Waals surface area contributed by atoms with Gasteiger partial charge in [-0.25, -0.2) is 4.98 Å². The molecule has 1 aromatic heterocycles. The lowest BCUT2D eigenvalue weighted by Crippen LogP contribution is -2.27. The third kappa shape index (κ3) is 4.28. The molecule has 1 amide bonds. The van der Waals surface area contributed by atoms with Gasteiger partial charge in [0.05, 0.1) is 19.8 Å². The van der Waals surface area contributed by atoms with Gasteiger partial charge in [0, 0.05) is 11.9 Å². The van der Waals surface area contributed by atoms with Gasteiger partial charge in [0.15, 0.2) is 11.5 Å². The maximum atomic E-state index is 12.5. The molecule has 1 heterocycles. The summed E-state index contributed by atoms with van der Waals surface area (Å²) < 4.78 is 10.8. The molecule has 0 fully saturated rings. The molecule has 2 aromatic carbocycles. The Morgan fingerprint density at radius 3 is 2.59 bits per heavy atom. The fourth-order valence-electron chi connectivity index (χ4n) is 2.79. The van der Waals surface area contributed by atoms with Crippen molar-refractivity contribution in [3.05, 3.63) is 65.2 Å². The number of rotatable bonds is 7. The largest absolute Gasteiger partial charge is 0.493 e. The second-order valence-electron chi connectivity index (χ2n) is 6.10. The Bertz CT molecular complexity index is 909. The van der Waals surface area contributed by atoms with Crippen LogP contribution in [0.5, 0.6) is 11.5 Å². The molecule has 0 bridgehead atoms. The van der Waals surface area contributed by atoms with Crippen LogP contribution in [0.15, 0.2) is 53.9 Å². The van der Waals surface area contributed by atoms with Crippen molar-refractivity contribution in [2.75, 3.05) is 20.8 Å². The van der Waals surface area contributed by atoms with E-state index in [0.29, 0.717) is 28.7 Å². The number of hydrogen-bond donors (Lipinski definition) is 1. The minimum atomic E-state index is -0.179. The number of nitrogens with one attached hydrogen (secondary N) is 1. The normalized spacial score (nSPS) is 11.7. The van der Waals surface area contributed by atoms with Gasteiger partial charge in [-0.3, -0.25) is 4.79 Å². The SMILES string of the molecule is COc1cccc(-c2nc(C(=O)NCC(C)c3ccccc3)cs2)c1OC. The second kappa shape index (κ2) is 8.68. The fourth-order valence-corrected chi connectivity index (χ4v) is 3.61. The predicted molar refractivity (Wildman–Crippen MR) is 108 cm³/mol. The van der Waals surface area contributed by atoms with Crippen LogP contribution in [0.2, 0.25) is 0 Å². The average molecular weight is 382 g/mol. The van der Waals surface area contributed by atoms with Gasteiger partial charge in [-0.2, -0.15) is 0 Å². The zero-order chi connectivity index (χ0) is 19.2. The van der Waals surface area contributed by atoms with E-state index >= 15 is 0 Å². The summed E-state index contributed by atoms with van der Waals surface area (Å²) in [6, 6.07) is 15.7. The molecular formula is C21H22N2O3S. The molecule has 1 atom stereocenters. The molecule has 3 rings (SSSR count). The number of benzene rings is 2. The number of methoxy groups -OCH3 is 2. The smallest absolute Gasteiger partial charge is 0.270 e. The van der Waals surface area contributed by atoms with Crippen LogP contribution in [0.3, 0.4) is 0 Å². The maximum absolute atomic E-state index is 12.5. The highest BCUT2D eigenvalue weighted by atomic mass is 32.1. The molecule has 6 heteroatoms. The van der Waals surface area contributed by atoms with Gasteiger partial charge >= 0.3 is 0 Å². The molecule has 1 unspecified atom stereocenters. The van der Waals surface area contributed by atoms with E-state index in [2.05, 4.69) is 29.4 Å². The van der Waals surface area contributed by atoms with Crippen LogP contribution >= 0.6 is 11.3 Å². The highest BCUT2D eigenvalue weighted by Gasteiger charge is 2.17. The first kappa shape index (κ1) is 18.9. The van der Waals surface area contributed by atoms with Crippen LogP contribution in [-0.4, -0.2) is 31.7 Å². The summed E-state index contributed by atoms with van der Waals surface area (Å²) in [5.74, 6) is 1.29. The molecule has 27 heavy (non-hydrogen) atoms. The van der Waals surface area contributed by atoms with Gasteiger partial charge in [0.2, 0.25) is 0 Å². The van der Waals surface area contributed by atoms with E-state index in [4.69, 9.17) is 9.47 Å². The molecule has 0 radical (unpaired) electrons. The molecule has 0 saturated carbocycles. The first-order valence-electron chi connectivity index (χ1n) is 8.64. The summed E-state index contributed by atoms with van der Waals surface area (Å²) in [5, 5.41) is 5.44. The van der Waals surface area contributed by atoms with Crippen molar-refractivity contribution in [3.63, 3.8) is 0 Å². The lowest BCUT2D eigenvalue weighted by Gasteiger charge is -2.12. The van der Waals surface area contributed by atoms with E-state index in [9.17, 15) is 4.79 Å². The topological polar surface area (TPSA) is 60.5 Å². The first-order valence-corrected chi connectivity index (χ1v) is 9.52. The Balaban J connectivity index is 1.71. The third-order valence-corrected chi connectivity index (χ3v) is 5.18. The number of amides is 1. The number of nitrogens with zero attached hydrogens (tertiary/aromatic N) is 1.